The van der Waals surface area contributed by atoms with Crippen molar-refractivity contribution < 1.29 is 14.4 Å². The largest absolute Gasteiger partial charge is 0.322 e. The number of amides is 2. The van der Waals surface area contributed by atoms with E-state index in [0.29, 0.717) is 16.8 Å². The summed E-state index contributed by atoms with van der Waals surface area (Å²) in [7, 11) is 2.96. The molecule has 0 aliphatic carbocycles. The molecule has 2 amide bonds. The van der Waals surface area contributed by atoms with Gasteiger partial charge in [-0.15, -0.1) is 0 Å². The number of hydroxylamine groups is 2. The van der Waals surface area contributed by atoms with Crippen LogP contribution in [0.2, 0.25) is 0 Å². The maximum absolute atomic E-state index is 12.6. The number of nitrogens with one attached hydrogen (secondary N) is 1. The Morgan fingerprint density at radius 1 is 1.04 bits per heavy atom. The van der Waals surface area contributed by atoms with Gasteiger partial charge < -0.3 is 5.32 Å². The van der Waals surface area contributed by atoms with E-state index in [-0.39, 0.29) is 11.8 Å². The predicted octanol–water partition coefficient (Wildman–Crippen LogP) is 3.12. The number of fused-ring (bicyclic) bond motifs is 1. The van der Waals surface area contributed by atoms with Crippen molar-refractivity contribution in [3.63, 3.8) is 0 Å². The minimum atomic E-state index is -0.263. The summed E-state index contributed by atoms with van der Waals surface area (Å²) < 4.78 is 0. The number of aromatic nitrogens is 1. The van der Waals surface area contributed by atoms with E-state index < -0.39 is 0 Å². The lowest BCUT2D eigenvalue weighted by atomic mass is 10.1. The van der Waals surface area contributed by atoms with E-state index in [2.05, 4.69) is 10.3 Å². The highest BCUT2D eigenvalue weighted by molar-refractivity contribution is 6.12. The van der Waals surface area contributed by atoms with Crippen LogP contribution in [0.5, 0.6) is 0 Å². The lowest BCUT2D eigenvalue weighted by molar-refractivity contribution is -0.0756. The minimum absolute atomic E-state index is 0.230. The molecule has 6 nitrogen and oxygen atoms in total. The number of hydrogen-bond acceptors (Lipinski definition) is 4. The van der Waals surface area contributed by atoms with Gasteiger partial charge in [0.1, 0.15) is 0 Å². The molecular weight excluding hydrogens is 318 g/mol. The standard InChI is InChI=1S/C19H17N3O3/c1-22(25-2)19(24)13-8-10-14(11-9-13)21-18(23)16-5-3-7-17-15(16)6-4-12-20-17/h3-12H,1-2H3,(H,21,23). The molecule has 0 bridgehead atoms. The van der Waals surface area contributed by atoms with E-state index in [1.54, 1.807) is 48.7 Å². The van der Waals surface area contributed by atoms with Crippen LogP contribution in [0.15, 0.2) is 60.8 Å². The summed E-state index contributed by atoms with van der Waals surface area (Å²) in [6.07, 6.45) is 1.69. The Labute approximate surface area is 145 Å². The second-order valence-electron chi connectivity index (χ2n) is 5.39. The van der Waals surface area contributed by atoms with Crippen molar-refractivity contribution in [2.45, 2.75) is 0 Å². The summed E-state index contributed by atoms with van der Waals surface area (Å²) in [5.41, 5.74) is 2.38. The monoisotopic (exact) mass is 335 g/mol. The molecule has 0 spiro atoms. The Kier molecular flexibility index (Phi) is 4.72. The van der Waals surface area contributed by atoms with Crippen molar-refractivity contribution in [3.8, 4) is 0 Å². The van der Waals surface area contributed by atoms with Crippen LogP contribution in [-0.2, 0) is 4.84 Å². The van der Waals surface area contributed by atoms with E-state index in [1.807, 2.05) is 12.1 Å². The molecule has 0 unspecified atom stereocenters. The quantitative estimate of drug-likeness (QED) is 0.744. The van der Waals surface area contributed by atoms with Crippen LogP contribution in [-0.4, -0.2) is 36.0 Å². The number of benzene rings is 2. The molecule has 0 fully saturated rings. The smallest absolute Gasteiger partial charge is 0.277 e. The first-order valence-corrected chi connectivity index (χ1v) is 7.67. The Morgan fingerprint density at radius 2 is 1.80 bits per heavy atom. The van der Waals surface area contributed by atoms with Crippen molar-refractivity contribution in [2.75, 3.05) is 19.5 Å². The van der Waals surface area contributed by atoms with Gasteiger partial charge in [-0.1, -0.05) is 12.1 Å². The van der Waals surface area contributed by atoms with Crippen LogP contribution in [0.1, 0.15) is 20.7 Å². The fourth-order valence-electron chi connectivity index (χ4n) is 2.46. The van der Waals surface area contributed by atoms with Crippen LogP contribution in [0.3, 0.4) is 0 Å². The normalized spacial score (nSPS) is 10.5. The summed E-state index contributed by atoms with van der Waals surface area (Å²) in [5.74, 6) is -0.493. The van der Waals surface area contributed by atoms with E-state index in [4.69, 9.17) is 4.84 Å². The van der Waals surface area contributed by atoms with Gasteiger partial charge in [-0.25, -0.2) is 5.06 Å². The first-order chi connectivity index (χ1) is 12.1. The average molecular weight is 335 g/mol. The van der Waals surface area contributed by atoms with Gasteiger partial charge in [0, 0.05) is 35.4 Å². The van der Waals surface area contributed by atoms with Crippen molar-refractivity contribution in [2.24, 2.45) is 0 Å². The van der Waals surface area contributed by atoms with Gasteiger partial charge >= 0.3 is 0 Å². The van der Waals surface area contributed by atoms with Gasteiger partial charge in [-0.2, -0.15) is 0 Å². The molecule has 0 saturated carbocycles. The van der Waals surface area contributed by atoms with Gasteiger partial charge in [0.2, 0.25) is 0 Å². The molecule has 6 heteroatoms. The number of anilines is 1. The van der Waals surface area contributed by atoms with Crippen LogP contribution in [0.25, 0.3) is 10.9 Å². The van der Waals surface area contributed by atoms with Gasteiger partial charge in [-0.3, -0.25) is 19.4 Å². The van der Waals surface area contributed by atoms with Crippen molar-refractivity contribution in [3.05, 3.63) is 71.9 Å². The molecule has 0 radical (unpaired) electrons. The van der Waals surface area contributed by atoms with E-state index >= 15 is 0 Å². The highest BCUT2D eigenvalue weighted by atomic mass is 16.7. The first-order valence-electron chi connectivity index (χ1n) is 7.67. The fourth-order valence-corrected chi connectivity index (χ4v) is 2.46. The maximum atomic E-state index is 12.6. The Morgan fingerprint density at radius 3 is 2.52 bits per heavy atom. The molecule has 1 N–H and O–H groups in total. The van der Waals surface area contributed by atoms with Crippen molar-refractivity contribution >= 4 is 28.4 Å². The van der Waals surface area contributed by atoms with Crippen LogP contribution in [0, 0.1) is 0 Å². The summed E-state index contributed by atoms with van der Waals surface area (Å²) in [6.45, 7) is 0. The second-order valence-corrected chi connectivity index (χ2v) is 5.39. The minimum Gasteiger partial charge on any atom is -0.322 e. The topological polar surface area (TPSA) is 71.5 Å². The molecule has 2 aromatic carbocycles. The maximum Gasteiger partial charge on any atom is 0.277 e. The zero-order chi connectivity index (χ0) is 17.8. The summed E-state index contributed by atoms with van der Waals surface area (Å²) in [5, 5.41) is 4.76. The summed E-state index contributed by atoms with van der Waals surface area (Å²) >= 11 is 0. The van der Waals surface area contributed by atoms with Crippen LogP contribution in [0.4, 0.5) is 5.69 Å². The number of carbonyl (C=O) groups excluding carboxylic acids is 2. The molecule has 0 aliphatic rings. The molecule has 0 aliphatic heterocycles. The fraction of sp³-hybridized carbons (Fsp3) is 0.105. The Hall–Kier alpha value is -3.25. The van der Waals surface area contributed by atoms with Crippen molar-refractivity contribution in [1.29, 1.82) is 0 Å². The summed E-state index contributed by atoms with van der Waals surface area (Å²) in [6, 6.07) is 15.7. The predicted molar refractivity (Wildman–Crippen MR) is 95.2 cm³/mol. The zero-order valence-corrected chi connectivity index (χ0v) is 13.9. The average Bonchev–Trinajstić information content (AvgIpc) is 2.66. The molecule has 0 saturated heterocycles. The lowest BCUT2D eigenvalue weighted by Gasteiger charge is -2.14. The number of pyridine rings is 1. The molecule has 1 aromatic heterocycles. The number of rotatable bonds is 4. The van der Waals surface area contributed by atoms with Gasteiger partial charge in [0.15, 0.2) is 0 Å². The molecule has 0 atom stereocenters. The highest BCUT2D eigenvalue weighted by Crippen LogP contribution is 2.18. The molecular formula is C19H17N3O3. The van der Waals surface area contributed by atoms with E-state index in [9.17, 15) is 9.59 Å². The van der Waals surface area contributed by atoms with Crippen molar-refractivity contribution in [1.82, 2.24) is 10.0 Å². The second kappa shape index (κ2) is 7.11. The third kappa shape index (κ3) is 3.49. The summed E-state index contributed by atoms with van der Waals surface area (Å²) in [4.78, 5) is 33.7. The van der Waals surface area contributed by atoms with Crippen LogP contribution >= 0.6 is 0 Å². The lowest BCUT2D eigenvalue weighted by Crippen LogP contribution is -2.25. The molecule has 25 heavy (non-hydrogen) atoms. The number of hydrogen-bond donors (Lipinski definition) is 1. The molecule has 3 aromatic rings. The van der Waals surface area contributed by atoms with E-state index in [0.717, 1.165) is 16.0 Å². The van der Waals surface area contributed by atoms with Gasteiger partial charge in [0.05, 0.1) is 12.6 Å². The SMILES string of the molecule is CON(C)C(=O)c1ccc(NC(=O)c2cccc3ncccc23)cc1. The van der Waals surface area contributed by atoms with Crippen LogP contribution < -0.4 is 5.32 Å². The third-order valence-corrected chi connectivity index (χ3v) is 3.84. The molecule has 1 heterocycles. The van der Waals surface area contributed by atoms with Gasteiger partial charge in [0.25, 0.3) is 11.8 Å². The number of nitrogens with zero attached hydrogens (tertiary/aromatic N) is 2. The van der Waals surface area contributed by atoms with E-state index in [1.165, 1.54) is 14.2 Å². The Balaban J connectivity index is 1.80. The number of carbonyl (C=O) groups is 2. The van der Waals surface area contributed by atoms with Gasteiger partial charge in [-0.05, 0) is 42.5 Å². The first kappa shape index (κ1) is 16.6. The Bertz CT molecular complexity index is 917. The molecule has 126 valence electrons. The zero-order valence-electron chi connectivity index (χ0n) is 13.9. The highest BCUT2D eigenvalue weighted by Gasteiger charge is 2.13. The molecule has 3 rings (SSSR count). The third-order valence-electron chi connectivity index (χ3n) is 3.84.